The fourth-order valence-electron chi connectivity index (χ4n) is 1.82. The number of rotatable bonds is 5. The molecule has 0 aliphatic rings. The third-order valence-corrected chi connectivity index (χ3v) is 3.00. The Morgan fingerprint density at radius 3 is 2.56 bits per heavy atom. The van der Waals surface area contributed by atoms with Crippen molar-refractivity contribution < 1.29 is 4.92 Å². The number of hydrogen-bond donors (Lipinski definition) is 0. The lowest BCUT2D eigenvalue weighted by molar-refractivity contribution is -0.384. The monoisotopic (exact) mass is 271 g/mol. The quantitative estimate of drug-likeness (QED) is 0.467. The zero-order chi connectivity index (χ0) is 13.9. The van der Waals surface area contributed by atoms with E-state index in [9.17, 15) is 10.1 Å². The molecule has 0 bridgehead atoms. The Hall–Kier alpha value is -1.36. The lowest BCUT2D eigenvalue weighted by Crippen LogP contribution is -2.30. The van der Waals surface area contributed by atoms with Crippen molar-refractivity contribution in [2.45, 2.75) is 33.2 Å². The predicted molar refractivity (Wildman–Crippen MR) is 73.2 cm³/mol. The van der Waals surface area contributed by atoms with Crippen LogP contribution in [0.15, 0.2) is 12.1 Å². The number of halogens is 1. The Balaban J connectivity index is 2.98. The molecule has 0 aromatic carbocycles. The van der Waals surface area contributed by atoms with Gasteiger partial charge in [-0.15, -0.1) is 0 Å². The molecule has 1 aromatic rings. The number of anilines is 1. The molecule has 0 spiro atoms. The molecule has 1 rings (SSSR count). The summed E-state index contributed by atoms with van der Waals surface area (Å²) in [6.45, 7) is 6.34. The first-order valence-corrected chi connectivity index (χ1v) is 6.24. The topological polar surface area (TPSA) is 59.3 Å². The van der Waals surface area contributed by atoms with Crippen LogP contribution in [0.3, 0.4) is 0 Å². The average Bonchev–Trinajstić information content (AvgIpc) is 2.26. The van der Waals surface area contributed by atoms with Gasteiger partial charge in [-0.05, 0) is 19.3 Å². The lowest BCUT2D eigenvalue weighted by Gasteiger charge is -2.27. The predicted octanol–water partition coefficient (Wildman–Crippen LogP) is 3.51. The van der Waals surface area contributed by atoms with Gasteiger partial charge >= 0.3 is 0 Å². The highest BCUT2D eigenvalue weighted by molar-refractivity contribution is 6.29. The number of nitro groups is 1. The first-order valence-electron chi connectivity index (χ1n) is 5.86. The molecule has 0 saturated heterocycles. The van der Waals surface area contributed by atoms with E-state index in [0.717, 1.165) is 6.42 Å². The zero-order valence-electron chi connectivity index (χ0n) is 11.1. The molecule has 0 amide bonds. The summed E-state index contributed by atoms with van der Waals surface area (Å²) in [5.74, 6) is 1.08. The van der Waals surface area contributed by atoms with Crippen molar-refractivity contribution in [2.24, 2.45) is 5.92 Å². The summed E-state index contributed by atoms with van der Waals surface area (Å²) in [7, 11) is 1.87. The molecule has 1 atom stereocenters. The van der Waals surface area contributed by atoms with Crippen molar-refractivity contribution >= 4 is 23.1 Å². The standard InChI is InChI=1S/C12H18ClN3O2/c1-8(2)5-9(3)15(4)12-7-10(16(17)18)6-11(13)14-12/h6-9H,5H2,1-4H3. The second kappa shape index (κ2) is 6.00. The molecule has 0 saturated carbocycles. The van der Waals surface area contributed by atoms with Gasteiger partial charge in [0.25, 0.3) is 5.69 Å². The molecular weight excluding hydrogens is 254 g/mol. The average molecular weight is 272 g/mol. The molecule has 1 heterocycles. The SMILES string of the molecule is CC(C)CC(C)N(C)c1cc([N+](=O)[O-])cc(Cl)n1. The summed E-state index contributed by atoms with van der Waals surface area (Å²) < 4.78 is 0. The van der Waals surface area contributed by atoms with Crippen LogP contribution in [0, 0.1) is 16.0 Å². The molecule has 0 aliphatic heterocycles. The molecule has 1 aromatic heterocycles. The van der Waals surface area contributed by atoms with E-state index in [-0.39, 0.29) is 16.9 Å². The van der Waals surface area contributed by atoms with Crippen molar-refractivity contribution in [1.29, 1.82) is 0 Å². The fourth-order valence-corrected chi connectivity index (χ4v) is 2.02. The maximum absolute atomic E-state index is 10.8. The van der Waals surface area contributed by atoms with Gasteiger partial charge in [0.15, 0.2) is 0 Å². The number of aromatic nitrogens is 1. The molecule has 18 heavy (non-hydrogen) atoms. The van der Waals surface area contributed by atoms with Crippen molar-refractivity contribution in [3.63, 3.8) is 0 Å². The Labute approximate surface area is 112 Å². The Morgan fingerprint density at radius 2 is 2.06 bits per heavy atom. The summed E-state index contributed by atoms with van der Waals surface area (Å²) in [6, 6.07) is 2.95. The summed E-state index contributed by atoms with van der Waals surface area (Å²) in [5, 5.41) is 10.9. The summed E-state index contributed by atoms with van der Waals surface area (Å²) in [4.78, 5) is 16.4. The van der Waals surface area contributed by atoms with Gasteiger partial charge < -0.3 is 4.90 Å². The van der Waals surface area contributed by atoms with E-state index in [2.05, 4.69) is 25.8 Å². The van der Waals surface area contributed by atoms with Crippen LogP contribution in [0.2, 0.25) is 5.15 Å². The van der Waals surface area contributed by atoms with Gasteiger partial charge in [0, 0.05) is 13.1 Å². The van der Waals surface area contributed by atoms with Crippen LogP contribution in [0.5, 0.6) is 0 Å². The number of pyridine rings is 1. The number of nitrogens with zero attached hydrogens (tertiary/aromatic N) is 3. The van der Waals surface area contributed by atoms with E-state index >= 15 is 0 Å². The van der Waals surface area contributed by atoms with Gasteiger partial charge in [-0.25, -0.2) is 4.98 Å². The van der Waals surface area contributed by atoms with Gasteiger partial charge in [-0.2, -0.15) is 0 Å². The van der Waals surface area contributed by atoms with Crippen LogP contribution in [0.4, 0.5) is 11.5 Å². The van der Waals surface area contributed by atoms with Crippen molar-refractivity contribution in [2.75, 3.05) is 11.9 Å². The zero-order valence-corrected chi connectivity index (χ0v) is 11.8. The minimum absolute atomic E-state index is 0.0337. The molecule has 100 valence electrons. The maximum Gasteiger partial charge on any atom is 0.276 e. The van der Waals surface area contributed by atoms with Crippen molar-refractivity contribution in [3.05, 3.63) is 27.4 Å². The first kappa shape index (κ1) is 14.7. The van der Waals surface area contributed by atoms with Gasteiger partial charge in [0.1, 0.15) is 11.0 Å². The molecule has 6 heteroatoms. The van der Waals surface area contributed by atoms with Crippen LogP contribution in [0.1, 0.15) is 27.2 Å². The molecule has 0 aliphatic carbocycles. The van der Waals surface area contributed by atoms with Gasteiger partial charge in [-0.1, -0.05) is 25.4 Å². The van der Waals surface area contributed by atoms with Crippen LogP contribution in [0.25, 0.3) is 0 Å². The number of hydrogen-bond acceptors (Lipinski definition) is 4. The normalized spacial score (nSPS) is 12.6. The highest BCUT2D eigenvalue weighted by atomic mass is 35.5. The Morgan fingerprint density at radius 1 is 1.44 bits per heavy atom. The molecule has 0 radical (unpaired) electrons. The molecule has 5 nitrogen and oxygen atoms in total. The van der Waals surface area contributed by atoms with Crippen LogP contribution in [-0.4, -0.2) is 23.0 Å². The second-order valence-electron chi connectivity index (χ2n) is 4.85. The smallest absolute Gasteiger partial charge is 0.276 e. The largest absolute Gasteiger partial charge is 0.357 e. The summed E-state index contributed by atoms with van der Waals surface area (Å²) in [5.41, 5.74) is -0.0337. The van der Waals surface area contributed by atoms with Crippen LogP contribution in [-0.2, 0) is 0 Å². The van der Waals surface area contributed by atoms with Gasteiger partial charge in [0.05, 0.1) is 17.1 Å². The van der Waals surface area contributed by atoms with Crippen molar-refractivity contribution in [3.8, 4) is 0 Å². The van der Waals surface area contributed by atoms with Gasteiger partial charge in [0.2, 0.25) is 0 Å². The second-order valence-corrected chi connectivity index (χ2v) is 5.24. The van der Waals surface area contributed by atoms with Crippen LogP contribution < -0.4 is 4.90 Å². The Kier molecular flexibility index (Phi) is 4.90. The Bertz CT molecular complexity index is 437. The lowest BCUT2D eigenvalue weighted by atomic mass is 10.0. The third-order valence-electron chi connectivity index (χ3n) is 2.81. The van der Waals surface area contributed by atoms with Crippen LogP contribution >= 0.6 is 11.6 Å². The minimum atomic E-state index is -0.460. The fraction of sp³-hybridized carbons (Fsp3) is 0.583. The van der Waals surface area contributed by atoms with Gasteiger partial charge in [-0.3, -0.25) is 10.1 Å². The molecule has 1 unspecified atom stereocenters. The first-order chi connectivity index (χ1) is 8.31. The molecule has 0 N–H and O–H groups in total. The van der Waals surface area contributed by atoms with E-state index in [1.54, 1.807) is 0 Å². The van der Waals surface area contributed by atoms with E-state index < -0.39 is 4.92 Å². The summed E-state index contributed by atoms with van der Waals surface area (Å²) >= 11 is 5.81. The van der Waals surface area contributed by atoms with Crippen molar-refractivity contribution in [1.82, 2.24) is 4.98 Å². The highest BCUT2D eigenvalue weighted by Gasteiger charge is 2.17. The van der Waals surface area contributed by atoms with E-state index in [1.807, 2.05) is 11.9 Å². The minimum Gasteiger partial charge on any atom is -0.357 e. The summed E-state index contributed by atoms with van der Waals surface area (Å²) in [6.07, 6.45) is 0.985. The molecule has 0 fully saturated rings. The third kappa shape index (κ3) is 3.84. The van der Waals surface area contributed by atoms with E-state index in [4.69, 9.17) is 11.6 Å². The van der Waals surface area contributed by atoms with E-state index in [1.165, 1.54) is 12.1 Å². The maximum atomic E-state index is 10.8. The highest BCUT2D eigenvalue weighted by Crippen LogP contribution is 2.24. The molecular formula is C12H18ClN3O2. The van der Waals surface area contributed by atoms with E-state index in [0.29, 0.717) is 11.7 Å².